The van der Waals surface area contributed by atoms with E-state index in [2.05, 4.69) is 9.72 Å². The molecule has 0 amide bonds. The maximum atomic E-state index is 13.1. The summed E-state index contributed by atoms with van der Waals surface area (Å²) in [4.78, 5) is 27.8. The fourth-order valence-corrected chi connectivity index (χ4v) is 2.52. The van der Waals surface area contributed by atoms with Crippen LogP contribution in [0.25, 0.3) is 0 Å². The van der Waals surface area contributed by atoms with Crippen LogP contribution in [0.1, 0.15) is 30.8 Å². The van der Waals surface area contributed by atoms with Crippen molar-refractivity contribution in [3.8, 4) is 0 Å². The van der Waals surface area contributed by atoms with Gasteiger partial charge in [-0.1, -0.05) is 6.92 Å². The summed E-state index contributed by atoms with van der Waals surface area (Å²) >= 11 is 1.22. The lowest BCUT2D eigenvalue weighted by atomic mass is 9.94. The maximum Gasteiger partial charge on any atom is 0.428 e. The second-order valence-corrected chi connectivity index (χ2v) is 5.77. The molecular formula is C14H16F3NO4S. The average molecular weight is 351 g/mol. The third-order valence-electron chi connectivity index (χ3n) is 2.83. The molecule has 128 valence electrons. The van der Waals surface area contributed by atoms with Gasteiger partial charge in [0.2, 0.25) is 0 Å². The van der Waals surface area contributed by atoms with Gasteiger partial charge in [-0.05, 0) is 24.8 Å². The van der Waals surface area contributed by atoms with Crippen molar-refractivity contribution < 1.29 is 32.6 Å². The first-order valence-electron chi connectivity index (χ1n) is 6.74. The molecule has 0 saturated heterocycles. The molecule has 1 aromatic heterocycles. The van der Waals surface area contributed by atoms with E-state index in [1.165, 1.54) is 37.0 Å². The molecule has 0 aliphatic carbocycles. The molecule has 0 spiro atoms. The minimum absolute atomic E-state index is 0.216. The average Bonchev–Trinajstić information content (AvgIpc) is 2.47. The Morgan fingerprint density at radius 2 is 2.00 bits per heavy atom. The molecule has 1 N–H and O–H groups in total. The maximum absolute atomic E-state index is 13.1. The lowest BCUT2D eigenvalue weighted by Gasteiger charge is -2.27. The van der Waals surface area contributed by atoms with E-state index in [0.717, 1.165) is 0 Å². The molecule has 0 aliphatic rings. The van der Waals surface area contributed by atoms with Gasteiger partial charge >= 0.3 is 12.1 Å². The molecule has 0 fully saturated rings. The lowest BCUT2D eigenvalue weighted by Crippen LogP contribution is -2.54. The zero-order valence-electron chi connectivity index (χ0n) is 12.5. The molecule has 1 aromatic rings. The van der Waals surface area contributed by atoms with E-state index >= 15 is 0 Å². The molecule has 0 aliphatic heterocycles. The second kappa shape index (κ2) is 7.78. The highest BCUT2D eigenvalue weighted by Gasteiger charge is 2.62. The van der Waals surface area contributed by atoms with Crippen LogP contribution >= 0.6 is 11.8 Å². The van der Waals surface area contributed by atoms with E-state index < -0.39 is 30.0 Å². The molecule has 23 heavy (non-hydrogen) atoms. The lowest BCUT2D eigenvalue weighted by molar-refractivity contribution is -0.261. The molecule has 1 rings (SSSR count). The number of nitrogens with zero attached hydrogens (tertiary/aromatic N) is 1. The number of ketones is 1. The van der Waals surface area contributed by atoms with Crippen LogP contribution in [0.5, 0.6) is 0 Å². The first-order valence-corrected chi connectivity index (χ1v) is 7.73. The van der Waals surface area contributed by atoms with Gasteiger partial charge in [-0.3, -0.25) is 9.78 Å². The molecule has 0 saturated carbocycles. The summed E-state index contributed by atoms with van der Waals surface area (Å²) in [7, 11) is 0. The van der Waals surface area contributed by atoms with Gasteiger partial charge in [-0.15, -0.1) is 11.8 Å². The smallest absolute Gasteiger partial charge is 0.428 e. The third-order valence-corrected chi connectivity index (χ3v) is 3.76. The number of Topliss-reactive ketones (excluding diaryl/α,β-unsaturated/α-hetero) is 1. The summed E-state index contributed by atoms with van der Waals surface area (Å²) in [6, 6.07) is 3.07. The first kappa shape index (κ1) is 19.4. The van der Waals surface area contributed by atoms with E-state index in [-0.39, 0.29) is 12.3 Å². The van der Waals surface area contributed by atoms with Crippen LogP contribution in [0.15, 0.2) is 23.2 Å². The summed E-state index contributed by atoms with van der Waals surface area (Å²) in [6.07, 6.45) is -5.57. The fraction of sp³-hybridized carbons (Fsp3) is 0.500. The number of aromatic nitrogens is 1. The Hall–Kier alpha value is -1.61. The molecule has 0 aromatic carbocycles. The zero-order chi connectivity index (χ0) is 17.7. The van der Waals surface area contributed by atoms with Crippen LogP contribution in [0.3, 0.4) is 0 Å². The fourth-order valence-electron chi connectivity index (χ4n) is 1.73. The van der Waals surface area contributed by atoms with Gasteiger partial charge in [0.25, 0.3) is 5.60 Å². The van der Waals surface area contributed by atoms with Crippen LogP contribution in [-0.4, -0.2) is 46.0 Å². The monoisotopic (exact) mass is 351 g/mol. The normalized spacial score (nSPS) is 14.2. The van der Waals surface area contributed by atoms with E-state index in [9.17, 15) is 27.9 Å². The number of halogens is 3. The van der Waals surface area contributed by atoms with Crippen molar-refractivity contribution in [2.24, 2.45) is 0 Å². The molecular weight excluding hydrogens is 335 g/mol. The number of thioether (sulfide) groups is 1. The van der Waals surface area contributed by atoms with Crippen molar-refractivity contribution in [3.63, 3.8) is 0 Å². The summed E-state index contributed by atoms with van der Waals surface area (Å²) in [5, 5.41) is 9.74. The summed E-state index contributed by atoms with van der Waals surface area (Å²) in [6.45, 7) is 2.74. The van der Waals surface area contributed by atoms with Crippen LogP contribution in [0, 0.1) is 0 Å². The molecule has 1 unspecified atom stereocenters. The second-order valence-electron chi connectivity index (χ2n) is 4.46. The number of carbonyl (C=O) groups excluding carboxylic acids is 2. The van der Waals surface area contributed by atoms with Crippen molar-refractivity contribution in [2.45, 2.75) is 36.9 Å². The van der Waals surface area contributed by atoms with Crippen molar-refractivity contribution in [1.29, 1.82) is 0 Å². The molecule has 0 bridgehead atoms. The number of hydrogen-bond donors (Lipinski definition) is 1. The van der Waals surface area contributed by atoms with Gasteiger partial charge in [-0.25, -0.2) is 4.79 Å². The van der Waals surface area contributed by atoms with E-state index in [1.54, 1.807) is 6.92 Å². The van der Waals surface area contributed by atoms with Crippen LogP contribution in [-0.2, 0) is 9.53 Å². The topological polar surface area (TPSA) is 76.5 Å². The van der Waals surface area contributed by atoms with Gasteiger partial charge in [-0.2, -0.15) is 13.2 Å². The Bertz CT molecular complexity index is 579. The summed E-state index contributed by atoms with van der Waals surface area (Å²) in [5.41, 5.74) is -4.11. The SMILES string of the molecule is CCOC(=O)C(O)(CC(=O)c1ncccc1SCC)C(F)(F)F. The van der Waals surface area contributed by atoms with Crippen LogP contribution in [0.2, 0.25) is 0 Å². The summed E-state index contributed by atoms with van der Waals surface area (Å²) < 4.78 is 43.5. The van der Waals surface area contributed by atoms with Crippen LogP contribution < -0.4 is 0 Å². The predicted molar refractivity (Wildman–Crippen MR) is 77.2 cm³/mol. The first-order chi connectivity index (χ1) is 10.7. The van der Waals surface area contributed by atoms with E-state index in [0.29, 0.717) is 10.6 Å². The van der Waals surface area contributed by atoms with Gasteiger partial charge in [0.1, 0.15) is 5.69 Å². The van der Waals surface area contributed by atoms with Crippen LogP contribution in [0.4, 0.5) is 13.2 Å². The predicted octanol–water partition coefficient (Wildman–Crippen LogP) is 2.62. The third kappa shape index (κ3) is 4.44. The molecule has 9 heteroatoms. The minimum Gasteiger partial charge on any atom is -0.464 e. The highest BCUT2D eigenvalue weighted by atomic mass is 32.2. The molecule has 0 radical (unpaired) electrons. The van der Waals surface area contributed by atoms with E-state index in [1.807, 2.05) is 0 Å². The number of aliphatic hydroxyl groups is 1. The Kier molecular flexibility index (Phi) is 6.57. The number of alkyl halides is 3. The van der Waals surface area contributed by atoms with Gasteiger partial charge in [0.05, 0.1) is 13.0 Å². The molecule has 5 nitrogen and oxygen atoms in total. The van der Waals surface area contributed by atoms with Gasteiger partial charge in [0, 0.05) is 11.1 Å². The number of esters is 1. The number of hydrogen-bond acceptors (Lipinski definition) is 6. The zero-order valence-corrected chi connectivity index (χ0v) is 13.3. The number of rotatable bonds is 7. The Balaban J connectivity index is 3.15. The number of ether oxygens (including phenoxy) is 1. The van der Waals surface area contributed by atoms with Gasteiger partial charge < -0.3 is 9.84 Å². The Labute approximate surface area is 135 Å². The Morgan fingerprint density at radius 3 is 2.52 bits per heavy atom. The quantitative estimate of drug-likeness (QED) is 0.462. The minimum atomic E-state index is -5.35. The number of carbonyl (C=O) groups is 2. The molecule has 1 heterocycles. The van der Waals surface area contributed by atoms with Crippen molar-refractivity contribution in [2.75, 3.05) is 12.4 Å². The molecule has 1 atom stereocenters. The van der Waals surface area contributed by atoms with Crippen molar-refractivity contribution >= 4 is 23.5 Å². The number of pyridine rings is 1. The van der Waals surface area contributed by atoms with Gasteiger partial charge in [0.15, 0.2) is 5.78 Å². The Morgan fingerprint density at radius 1 is 1.35 bits per heavy atom. The van der Waals surface area contributed by atoms with Crippen molar-refractivity contribution in [3.05, 3.63) is 24.0 Å². The standard InChI is InChI=1S/C14H16F3NO4S/c1-3-22-12(20)13(21,14(15,16)17)8-9(19)11-10(23-4-2)6-5-7-18-11/h5-7,21H,3-4,8H2,1-2H3. The van der Waals surface area contributed by atoms with E-state index in [4.69, 9.17) is 0 Å². The largest absolute Gasteiger partial charge is 0.464 e. The highest BCUT2D eigenvalue weighted by Crippen LogP contribution is 2.36. The highest BCUT2D eigenvalue weighted by molar-refractivity contribution is 7.99. The summed E-state index contributed by atoms with van der Waals surface area (Å²) in [5.74, 6) is -2.41. The van der Waals surface area contributed by atoms with Crippen molar-refractivity contribution in [1.82, 2.24) is 4.98 Å².